The monoisotopic (exact) mass is 510 g/mol. The highest BCUT2D eigenvalue weighted by Gasteiger charge is 2.72. The summed E-state index contributed by atoms with van der Waals surface area (Å²) in [6.07, 6.45) is -3.16. The lowest BCUT2D eigenvalue weighted by Crippen LogP contribution is -2.85. The van der Waals surface area contributed by atoms with Crippen LogP contribution < -0.4 is 5.73 Å². The van der Waals surface area contributed by atoms with Gasteiger partial charge in [0, 0.05) is 30.7 Å². The van der Waals surface area contributed by atoms with E-state index in [4.69, 9.17) is 20.4 Å². The Morgan fingerprint density at radius 1 is 1.24 bits per heavy atom. The second-order valence-electron chi connectivity index (χ2n) is 6.99. The van der Waals surface area contributed by atoms with E-state index in [0.717, 1.165) is 16.7 Å². The molecule has 1 unspecified atom stereocenters. The molecule has 186 valence electrons. The molecule has 0 bridgehead atoms. The number of amides is 1. The predicted molar refractivity (Wildman–Crippen MR) is 107 cm³/mol. The van der Waals surface area contributed by atoms with Crippen molar-refractivity contribution in [1.82, 2.24) is 4.90 Å². The van der Waals surface area contributed by atoms with Crippen LogP contribution >= 0.6 is 11.8 Å². The Balaban J connectivity index is 0.000000509. The predicted octanol–water partition coefficient (Wildman–Crippen LogP) is -0.540. The molecule has 2 atom stereocenters. The van der Waals surface area contributed by atoms with Crippen molar-refractivity contribution in [1.29, 1.82) is 0 Å². The topological polar surface area (TPSA) is 209 Å². The fourth-order valence-electron chi connectivity index (χ4n) is 3.32. The number of halogens is 3. The van der Waals surface area contributed by atoms with Gasteiger partial charge in [-0.1, -0.05) is 0 Å². The van der Waals surface area contributed by atoms with Gasteiger partial charge in [-0.05, 0) is 0 Å². The zero-order valence-corrected chi connectivity index (χ0v) is 17.9. The van der Waals surface area contributed by atoms with Crippen LogP contribution in [0.3, 0.4) is 0 Å². The molecule has 3 rings (SSSR count). The number of carbonyl (C=O) groups is 5. The summed E-state index contributed by atoms with van der Waals surface area (Å²) in [4.78, 5) is 65.0. The van der Waals surface area contributed by atoms with Crippen LogP contribution in [0.25, 0.3) is 0 Å². The van der Waals surface area contributed by atoms with Crippen molar-refractivity contribution in [3.63, 3.8) is 0 Å². The highest BCUT2D eigenvalue weighted by molar-refractivity contribution is 8.00. The smallest absolute Gasteiger partial charge is 0.481 e. The van der Waals surface area contributed by atoms with Crippen LogP contribution in [0.5, 0.6) is 0 Å². The van der Waals surface area contributed by atoms with E-state index in [1.807, 2.05) is 0 Å². The molecule has 17 heteroatoms. The number of alkyl halides is 3. The number of rotatable bonds is 6. The second-order valence-corrected chi connectivity index (χ2v) is 8.06. The highest BCUT2D eigenvalue weighted by atomic mass is 32.2. The first-order valence-corrected chi connectivity index (χ1v) is 10.1. The molecule has 3 aliphatic rings. The zero-order valence-electron chi connectivity index (χ0n) is 17.1. The molecular formula is C17H17F3N4O9S. The molecule has 0 aliphatic carbocycles. The highest BCUT2D eigenvalue weighted by Crippen LogP contribution is 2.52. The molecular weight excluding hydrogens is 493 g/mol. The summed E-state index contributed by atoms with van der Waals surface area (Å²) in [7, 11) is 0. The van der Waals surface area contributed by atoms with E-state index in [0.29, 0.717) is 0 Å². The molecule has 34 heavy (non-hydrogen) atoms. The third-order valence-electron chi connectivity index (χ3n) is 4.79. The van der Waals surface area contributed by atoms with Crippen LogP contribution in [0.2, 0.25) is 0 Å². The van der Waals surface area contributed by atoms with E-state index in [9.17, 15) is 42.6 Å². The number of thioether (sulfide) groups is 1. The van der Waals surface area contributed by atoms with Gasteiger partial charge in [0.25, 0.3) is 5.91 Å². The Bertz CT molecular complexity index is 1010. The number of hydrogen-bond acceptors (Lipinski definition) is 10. The quantitative estimate of drug-likeness (QED) is 0.263. The first-order chi connectivity index (χ1) is 15.6. The number of hydrogen-bond donors (Lipinski definition) is 4. The molecule has 0 aromatic heterocycles. The Kier molecular flexibility index (Phi) is 7.41. The average molecular weight is 510 g/mol. The molecule has 3 heterocycles. The van der Waals surface area contributed by atoms with E-state index in [1.165, 1.54) is 19.4 Å². The molecule has 3 aliphatic heterocycles. The molecule has 13 nitrogen and oxygen atoms in total. The van der Waals surface area contributed by atoms with Gasteiger partial charge in [-0.15, -0.1) is 11.8 Å². The maximum absolute atomic E-state index is 12.9. The van der Waals surface area contributed by atoms with Crippen molar-refractivity contribution in [2.24, 2.45) is 15.7 Å². The molecule has 1 saturated heterocycles. The van der Waals surface area contributed by atoms with Crippen molar-refractivity contribution in [3.05, 3.63) is 11.3 Å². The summed E-state index contributed by atoms with van der Waals surface area (Å²) in [6, 6.07) is 0. The van der Waals surface area contributed by atoms with Crippen LogP contribution in [0.1, 0.15) is 13.3 Å². The number of esters is 1. The second kappa shape index (κ2) is 9.41. The standard InChI is InChI=1S/C15H16N4O7S.C2HF3O2/c1-7(20)26-5-8-6-27-13-15(16,12(25)19(13)10(8)11(23)24)14(4-9(21)22)17-2-3-18-14;3-2(4,5)1(6)7/h2-3,13H,4-6,16H2,1H3,(H,21,22)(H,23,24);(H,6,7)/t13-,15?;/m0./s1. The SMILES string of the molecule is CC(=O)OCC1=C(C(=O)O)N2C(=O)C(N)(C3(CC(=O)O)N=CC=N3)[C@@H]2SC1.O=C(O)C(F)(F)F. The van der Waals surface area contributed by atoms with Crippen molar-refractivity contribution in [2.75, 3.05) is 12.4 Å². The van der Waals surface area contributed by atoms with Gasteiger partial charge in [-0.25, -0.2) is 9.59 Å². The first-order valence-electron chi connectivity index (χ1n) is 9.02. The Hall–Kier alpha value is -3.47. The van der Waals surface area contributed by atoms with E-state index in [-0.39, 0.29) is 23.6 Å². The molecule has 1 amide bonds. The van der Waals surface area contributed by atoms with E-state index >= 15 is 0 Å². The van der Waals surface area contributed by atoms with Gasteiger partial charge in [0.2, 0.25) is 0 Å². The maximum atomic E-state index is 12.9. The number of nitrogens with two attached hydrogens (primary N) is 1. The number of aliphatic carboxylic acids is 3. The maximum Gasteiger partial charge on any atom is 0.490 e. The molecule has 0 aromatic rings. The van der Waals surface area contributed by atoms with Crippen LogP contribution in [-0.2, 0) is 28.7 Å². The van der Waals surface area contributed by atoms with Crippen LogP contribution in [0, 0.1) is 0 Å². The van der Waals surface area contributed by atoms with E-state index < -0.39 is 59.0 Å². The van der Waals surface area contributed by atoms with Gasteiger partial charge >= 0.3 is 30.1 Å². The van der Waals surface area contributed by atoms with Gasteiger partial charge in [0.1, 0.15) is 17.7 Å². The van der Waals surface area contributed by atoms with Gasteiger partial charge in [-0.3, -0.25) is 29.3 Å². The number of β-lactam (4-membered cyclic amide) rings is 1. The molecule has 5 N–H and O–H groups in total. The Labute approximate surface area is 192 Å². The third kappa shape index (κ3) is 4.74. The normalized spacial score (nSPS) is 24.6. The Morgan fingerprint density at radius 3 is 2.18 bits per heavy atom. The number of carboxylic acids is 3. The number of carbonyl (C=O) groups excluding carboxylic acids is 2. The number of aliphatic imine (C=N–C) groups is 2. The third-order valence-corrected chi connectivity index (χ3v) is 6.20. The van der Waals surface area contributed by atoms with Gasteiger partial charge in [0.05, 0.1) is 6.42 Å². The molecule has 0 aromatic carbocycles. The molecule has 0 spiro atoms. The number of nitrogens with zero attached hydrogens (tertiary/aromatic N) is 3. The van der Waals surface area contributed by atoms with Crippen LogP contribution in [0.15, 0.2) is 21.3 Å². The Morgan fingerprint density at radius 2 is 1.76 bits per heavy atom. The van der Waals surface area contributed by atoms with Crippen molar-refractivity contribution in [3.8, 4) is 0 Å². The van der Waals surface area contributed by atoms with Crippen LogP contribution in [0.4, 0.5) is 13.2 Å². The summed E-state index contributed by atoms with van der Waals surface area (Å²) in [5.41, 5.74) is 2.70. The van der Waals surface area contributed by atoms with Crippen molar-refractivity contribution < 1.29 is 57.2 Å². The average Bonchev–Trinajstić information content (AvgIpc) is 3.19. The largest absolute Gasteiger partial charge is 0.490 e. The number of ether oxygens (including phenoxy) is 1. The van der Waals surface area contributed by atoms with Gasteiger partial charge < -0.3 is 25.8 Å². The summed E-state index contributed by atoms with van der Waals surface area (Å²) in [5.74, 6) is -6.62. The fraction of sp³-hybridized carbons (Fsp3) is 0.471. The lowest BCUT2D eigenvalue weighted by atomic mass is 9.74. The molecule has 0 saturated carbocycles. The van der Waals surface area contributed by atoms with Crippen LogP contribution in [-0.4, -0.2) is 97.5 Å². The first kappa shape index (κ1) is 26.8. The van der Waals surface area contributed by atoms with Crippen molar-refractivity contribution in [2.45, 2.75) is 36.1 Å². The van der Waals surface area contributed by atoms with E-state index in [2.05, 4.69) is 9.98 Å². The zero-order chi connectivity index (χ0) is 26.1. The lowest BCUT2D eigenvalue weighted by molar-refractivity contribution is -0.192. The number of carboxylic acid groups (broad SMARTS) is 3. The summed E-state index contributed by atoms with van der Waals surface area (Å²) in [5, 5.41) is 25.0. The summed E-state index contributed by atoms with van der Waals surface area (Å²) < 4.78 is 36.6. The molecule has 1 fully saturated rings. The summed E-state index contributed by atoms with van der Waals surface area (Å²) in [6.45, 7) is 0.917. The minimum atomic E-state index is -5.08. The number of fused-ring (bicyclic) bond motifs is 1. The molecule has 0 radical (unpaired) electrons. The fourth-order valence-corrected chi connectivity index (χ4v) is 4.80. The van der Waals surface area contributed by atoms with Gasteiger partial charge in [0.15, 0.2) is 11.2 Å². The lowest BCUT2D eigenvalue weighted by Gasteiger charge is -2.59. The minimum absolute atomic E-state index is 0.138. The van der Waals surface area contributed by atoms with Crippen molar-refractivity contribution >= 4 is 54.0 Å². The minimum Gasteiger partial charge on any atom is -0.481 e. The van der Waals surface area contributed by atoms with Gasteiger partial charge in [-0.2, -0.15) is 13.2 Å². The van der Waals surface area contributed by atoms with E-state index in [1.54, 1.807) is 0 Å². The summed E-state index contributed by atoms with van der Waals surface area (Å²) >= 11 is 1.14.